The first kappa shape index (κ1) is 30.0. The van der Waals surface area contributed by atoms with Crippen molar-refractivity contribution in [3.63, 3.8) is 0 Å². The number of hydrogen-bond donors (Lipinski definition) is 0. The quantitative estimate of drug-likeness (QED) is 0.191. The van der Waals surface area contributed by atoms with Crippen LogP contribution in [0.1, 0.15) is 50.1 Å². The number of benzene rings is 5. The van der Waals surface area contributed by atoms with E-state index >= 15 is 0 Å². The molecule has 0 heterocycles. The zero-order valence-electron chi connectivity index (χ0n) is 26.5. The van der Waals surface area contributed by atoms with Gasteiger partial charge in [0.2, 0.25) is 6.71 Å². The van der Waals surface area contributed by atoms with Crippen molar-refractivity contribution in [2.45, 2.75) is 62.3 Å². The summed E-state index contributed by atoms with van der Waals surface area (Å²) < 4.78 is 0. The third-order valence-corrected chi connectivity index (χ3v) is 9.44. The monoisotopic (exact) mass is 564 g/mol. The maximum atomic E-state index is 6.92. The molecule has 0 fully saturated rings. The fraction of sp³-hybridized carbons (Fsp3) is 0.231. The smallest absolute Gasteiger partial charge is 0.0837 e. The van der Waals surface area contributed by atoms with E-state index in [2.05, 4.69) is 135 Å². The van der Waals surface area contributed by atoms with Gasteiger partial charge in [-0.1, -0.05) is 140 Å². The highest BCUT2D eigenvalue weighted by molar-refractivity contribution is 6.96. The second kappa shape index (κ2) is 11.7. The molecule has 0 aliphatic heterocycles. The summed E-state index contributed by atoms with van der Waals surface area (Å²) in [5.74, 6) is 0. The molecular weight excluding hydrogens is 526 g/mol. The summed E-state index contributed by atoms with van der Waals surface area (Å²) in [5, 5.41) is 0.805. The van der Waals surface area contributed by atoms with E-state index in [-0.39, 0.29) is 6.71 Å². The van der Waals surface area contributed by atoms with E-state index < -0.39 is 0 Å². The molecule has 0 saturated carbocycles. The van der Waals surface area contributed by atoms with Gasteiger partial charge in [-0.3, -0.25) is 0 Å². The van der Waals surface area contributed by atoms with Crippen LogP contribution in [0.2, 0.25) is 5.02 Å². The van der Waals surface area contributed by atoms with Crippen molar-refractivity contribution >= 4 is 48.0 Å². The number of hydrogen-bond acceptors (Lipinski definition) is 0. The van der Waals surface area contributed by atoms with Crippen LogP contribution in [0.25, 0.3) is 22.3 Å². The largest absolute Gasteiger partial charge is 0.242 e. The van der Waals surface area contributed by atoms with E-state index in [1.807, 2.05) is 0 Å². The average molecular weight is 565 g/mol. The zero-order chi connectivity index (χ0) is 30.5. The minimum absolute atomic E-state index is 0.143. The fourth-order valence-electron chi connectivity index (χ4n) is 7.24. The van der Waals surface area contributed by atoms with Crippen molar-refractivity contribution in [3.05, 3.63) is 128 Å². The molecule has 208 valence electrons. The summed E-state index contributed by atoms with van der Waals surface area (Å²) >= 11 is 6.68. The Morgan fingerprint density at radius 3 is 1.52 bits per heavy atom. The average Bonchev–Trinajstić information content (AvgIpc) is 2.91. The topological polar surface area (TPSA) is 0 Å². The molecule has 0 aliphatic rings. The van der Waals surface area contributed by atoms with Crippen molar-refractivity contribution in [1.29, 1.82) is 0 Å². The first-order chi connectivity index (χ1) is 19.9. The highest BCUT2D eigenvalue weighted by Crippen LogP contribution is 2.34. The molecule has 0 aromatic heterocycles. The SMILES string of the molecule is [B]c1c(-c2ccc(B(c3c(C)cc(C)cc3C)c3c(C)cc(C)cc3C)cc2)cccc1-c1c(C)cc(C)c(Cl)c1C. The van der Waals surface area contributed by atoms with Crippen LogP contribution in [0.15, 0.2) is 72.8 Å². The van der Waals surface area contributed by atoms with Gasteiger partial charge in [-0.25, -0.2) is 0 Å². The molecule has 0 N–H and O–H groups in total. The lowest BCUT2D eigenvalue weighted by Crippen LogP contribution is -2.55. The number of aryl methyl sites for hydroxylation is 8. The molecule has 0 unspecified atom stereocenters. The molecule has 0 aliphatic carbocycles. The first-order valence-electron chi connectivity index (χ1n) is 14.8. The molecule has 2 radical (unpaired) electrons. The lowest BCUT2D eigenvalue weighted by Gasteiger charge is -2.25. The van der Waals surface area contributed by atoms with Crippen LogP contribution < -0.4 is 21.9 Å². The summed E-state index contributed by atoms with van der Waals surface area (Å²) in [7, 11) is 6.92. The maximum absolute atomic E-state index is 6.92. The molecule has 0 nitrogen and oxygen atoms in total. The van der Waals surface area contributed by atoms with Gasteiger partial charge < -0.3 is 0 Å². The molecular formula is C39H39B2Cl. The third kappa shape index (κ3) is 5.38. The molecule has 0 bridgehead atoms. The Morgan fingerprint density at radius 2 is 1.02 bits per heavy atom. The van der Waals surface area contributed by atoms with Crippen LogP contribution in [0.4, 0.5) is 0 Å². The van der Waals surface area contributed by atoms with Crippen LogP contribution in [-0.2, 0) is 0 Å². The Balaban J connectivity index is 1.66. The van der Waals surface area contributed by atoms with Crippen molar-refractivity contribution < 1.29 is 0 Å². The van der Waals surface area contributed by atoms with E-state index in [0.717, 1.165) is 43.9 Å². The van der Waals surface area contributed by atoms with Gasteiger partial charge in [-0.15, -0.1) is 0 Å². The van der Waals surface area contributed by atoms with Gasteiger partial charge in [0.25, 0.3) is 0 Å². The van der Waals surface area contributed by atoms with Crippen LogP contribution in [-0.4, -0.2) is 14.6 Å². The van der Waals surface area contributed by atoms with Crippen LogP contribution >= 0.6 is 11.6 Å². The highest BCUT2D eigenvalue weighted by atomic mass is 35.5. The number of rotatable bonds is 5. The van der Waals surface area contributed by atoms with Gasteiger partial charge in [0.1, 0.15) is 7.85 Å². The van der Waals surface area contributed by atoms with Gasteiger partial charge in [-0.2, -0.15) is 0 Å². The lowest BCUT2D eigenvalue weighted by atomic mass is 9.34. The summed E-state index contributed by atoms with van der Waals surface area (Å²) in [6.07, 6.45) is 0. The summed E-state index contributed by atoms with van der Waals surface area (Å²) in [6.45, 7) is 19.8. The van der Waals surface area contributed by atoms with Crippen LogP contribution in [0.5, 0.6) is 0 Å². The summed E-state index contributed by atoms with van der Waals surface area (Å²) in [4.78, 5) is 0. The molecule has 5 aromatic carbocycles. The van der Waals surface area contributed by atoms with E-state index in [1.165, 1.54) is 55.3 Å². The van der Waals surface area contributed by atoms with Gasteiger partial charge in [0, 0.05) is 5.02 Å². The van der Waals surface area contributed by atoms with Gasteiger partial charge in [0.05, 0.1) is 0 Å². The Hall–Kier alpha value is -3.48. The normalized spacial score (nSPS) is 11.2. The molecule has 5 rings (SSSR count). The molecule has 5 aromatic rings. The fourth-order valence-corrected chi connectivity index (χ4v) is 7.39. The summed E-state index contributed by atoms with van der Waals surface area (Å²) in [6, 6.07) is 26.8. The maximum Gasteiger partial charge on any atom is 0.242 e. The molecule has 0 saturated heterocycles. The van der Waals surface area contributed by atoms with Crippen molar-refractivity contribution in [3.8, 4) is 22.3 Å². The van der Waals surface area contributed by atoms with E-state index in [9.17, 15) is 0 Å². The van der Waals surface area contributed by atoms with Crippen LogP contribution in [0, 0.1) is 62.3 Å². The zero-order valence-corrected chi connectivity index (χ0v) is 27.2. The molecule has 0 atom stereocenters. The molecule has 3 heteroatoms. The highest BCUT2D eigenvalue weighted by Gasteiger charge is 2.28. The Labute approximate surface area is 259 Å². The Morgan fingerprint density at radius 1 is 0.548 bits per heavy atom. The van der Waals surface area contributed by atoms with Crippen molar-refractivity contribution in [1.82, 2.24) is 0 Å². The van der Waals surface area contributed by atoms with Crippen LogP contribution in [0.3, 0.4) is 0 Å². The standard InChI is InChI=1S/C39H39B2Cl/c1-22-17-25(4)37(26(5)18-22)41(38-27(6)19-23(2)20-28(38)7)32-15-13-31(14-16-32)33-11-10-12-34(36(33)40)35-24(3)21-29(8)39(42)30(35)9/h10-21H,1-9H3. The Bertz CT molecular complexity index is 1730. The van der Waals surface area contributed by atoms with E-state index in [4.69, 9.17) is 19.4 Å². The van der Waals surface area contributed by atoms with Gasteiger partial charge in [-0.05, 0) is 101 Å². The van der Waals surface area contributed by atoms with Gasteiger partial charge in [0.15, 0.2) is 0 Å². The molecule has 0 amide bonds. The number of halogens is 1. The second-order valence-corrected chi connectivity index (χ2v) is 12.6. The third-order valence-electron chi connectivity index (χ3n) is 8.86. The molecule has 42 heavy (non-hydrogen) atoms. The Kier molecular flexibility index (Phi) is 8.32. The predicted octanol–water partition coefficient (Wildman–Crippen LogP) is 7.76. The second-order valence-electron chi connectivity index (χ2n) is 12.3. The predicted molar refractivity (Wildman–Crippen MR) is 188 cm³/mol. The van der Waals surface area contributed by atoms with Crippen molar-refractivity contribution in [2.24, 2.45) is 0 Å². The minimum atomic E-state index is 0.143. The van der Waals surface area contributed by atoms with Gasteiger partial charge >= 0.3 is 0 Å². The van der Waals surface area contributed by atoms with Crippen molar-refractivity contribution in [2.75, 3.05) is 0 Å². The molecule has 0 spiro atoms. The summed E-state index contributed by atoms with van der Waals surface area (Å²) in [5.41, 5.74) is 20.4. The van der Waals surface area contributed by atoms with E-state index in [0.29, 0.717) is 0 Å². The minimum Gasteiger partial charge on any atom is -0.0837 e. The first-order valence-corrected chi connectivity index (χ1v) is 15.2. The lowest BCUT2D eigenvalue weighted by molar-refractivity contribution is 1.32. The van der Waals surface area contributed by atoms with E-state index in [1.54, 1.807) is 0 Å².